The fraction of sp³-hybridized carbons (Fsp3) is 0.444. The summed E-state index contributed by atoms with van der Waals surface area (Å²) >= 11 is 6.18. The number of nitrogens with zero attached hydrogens (tertiary/aromatic N) is 2. The summed E-state index contributed by atoms with van der Waals surface area (Å²) in [7, 11) is 1.65. The Morgan fingerprint density at radius 3 is 2.92 bits per heavy atom. The lowest BCUT2D eigenvalue weighted by Crippen LogP contribution is -2.47. The van der Waals surface area contributed by atoms with Crippen molar-refractivity contribution in [3.63, 3.8) is 0 Å². The SMILES string of the molecule is C=CCCOC(C)C(=O)N(C)C1CCN(c2ccccc2Cl)C1=O. The molecule has 0 aliphatic carbocycles. The number of anilines is 1. The minimum atomic E-state index is -0.586. The second-order valence-corrected chi connectivity index (χ2v) is 6.19. The molecular formula is C18H23ClN2O3. The number of ether oxygens (including phenoxy) is 1. The Kier molecular flexibility index (Phi) is 6.40. The van der Waals surface area contributed by atoms with Gasteiger partial charge in [0.15, 0.2) is 0 Å². The van der Waals surface area contributed by atoms with Gasteiger partial charge < -0.3 is 14.5 Å². The van der Waals surface area contributed by atoms with Crippen LogP contribution in [0.2, 0.25) is 5.02 Å². The lowest BCUT2D eigenvalue weighted by molar-refractivity contribution is -0.146. The van der Waals surface area contributed by atoms with Crippen LogP contribution in [0.5, 0.6) is 0 Å². The van der Waals surface area contributed by atoms with Crippen molar-refractivity contribution in [1.82, 2.24) is 4.90 Å². The summed E-state index contributed by atoms with van der Waals surface area (Å²) in [6, 6.07) is 6.74. The summed E-state index contributed by atoms with van der Waals surface area (Å²) in [5.41, 5.74) is 0.683. The molecule has 1 aromatic carbocycles. The third-order valence-corrected chi connectivity index (χ3v) is 4.49. The number of halogens is 1. The van der Waals surface area contributed by atoms with Crippen LogP contribution in [0.3, 0.4) is 0 Å². The minimum Gasteiger partial charge on any atom is -0.368 e. The highest BCUT2D eigenvalue weighted by Gasteiger charge is 2.38. The number of carbonyl (C=O) groups is 2. The molecule has 2 rings (SSSR count). The predicted octanol–water partition coefficient (Wildman–Crippen LogP) is 2.88. The van der Waals surface area contributed by atoms with E-state index < -0.39 is 12.1 Å². The summed E-state index contributed by atoms with van der Waals surface area (Å²) in [5.74, 6) is -0.310. The second kappa shape index (κ2) is 8.31. The van der Waals surface area contributed by atoms with Gasteiger partial charge in [-0.2, -0.15) is 0 Å². The van der Waals surface area contributed by atoms with Gasteiger partial charge in [0, 0.05) is 13.6 Å². The van der Waals surface area contributed by atoms with Gasteiger partial charge in [0.25, 0.3) is 5.91 Å². The number of hydrogen-bond donors (Lipinski definition) is 0. The molecule has 1 fully saturated rings. The van der Waals surface area contributed by atoms with E-state index in [0.29, 0.717) is 36.7 Å². The average Bonchev–Trinajstić information content (AvgIpc) is 2.95. The van der Waals surface area contributed by atoms with Crippen LogP contribution in [-0.2, 0) is 14.3 Å². The molecule has 2 atom stereocenters. The molecule has 0 spiro atoms. The van der Waals surface area contributed by atoms with Crippen LogP contribution in [0.15, 0.2) is 36.9 Å². The Hall–Kier alpha value is -1.85. The molecule has 2 unspecified atom stereocenters. The molecular weight excluding hydrogens is 328 g/mol. The minimum absolute atomic E-state index is 0.114. The maximum absolute atomic E-state index is 12.7. The topological polar surface area (TPSA) is 49.9 Å². The quantitative estimate of drug-likeness (QED) is 0.561. The van der Waals surface area contributed by atoms with E-state index in [4.69, 9.17) is 16.3 Å². The van der Waals surface area contributed by atoms with Crippen LogP contribution < -0.4 is 4.90 Å². The van der Waals surface area contributed by atoms with Gasteiger partial charge in [-0.15, -0.1) is 6.58 Å². The molecule has 0 saturated carbocycles. The van der Waals surface area contributed by atoms with Crippen LogP contribution in [0.1, 0.15) is 19.8 Å². The fourth-order valence-electron chi connectivity index (χ4n) is 2.77. The summed E-state index contributed by atoms with van der Waals surface area (Å²) in [5, 5.41) is 0.529. The lowest BCUT2D eigenvalue weighted by atomic mass is 10.2. The fourth-order valence-corrected chi connectivity index (χ4v) is 3.01. The molecule has 5 nitrogen and oxygen atoms in total. The highest BCUT2D eigenvalue weighted by atomic mass is 35.5. The van der Waals surface area contributed by atoms with E-state index in [1.807, 2.05) is 18.2 Å². The Morgan fingerprint density at radius 2 is 2.25 bits per heavy atom. The zero-order valence-corrected chi connectivity index (χ0v) is 14.8. The van der Waals surface area contributed by atoms with Crippen molar-refractivity contribution in [2.24, 2.45) is 0 Å². The van der Waals surface area contributed by atoms with Crippen molar-refractivity contribution >= 4 is 29.1 Å². The third-order valence-electron chi connectivity index (χ3n) is 4.17. The molecule has 0 N–H and O–H groups in total. The van der Waals surface area contributed by atoms with Gasteiger partial charge in [-0.25, -0.2) is 0 Å². The smallest absolute Gasteiger partial charge is 0.251 e. The number of para-hydroxylation sites is 1. The molecule has 0 bridgehead atoms. The van der Waals surface area contributed by atoms with Gasteiger partial charge in [0.1, 0.15) is 12.1 Å². The van der Waals surface area contributed by atoms with Gasteiger partial charge in [0.2, 0.25) is 5.91 Å². The van der Waals surface area contributed by atoms with Crippen molar-refractivity contribution < 1.29 is 14.3 Å². The van der Waals surface area contributed by atoms with Crippen molar-refractivity contribution in [3.8, 4) is 0 Å². The lowest BCUT2D eigenvalue weighted by Gasteiger charge is -2.26. The van der Waals surface area contributed by atoms with Gasteiger partial charge in [-0.3, -0.25) is 9.59 Å². The average molecular weight is 351 g/mol. The number of amides is 2. The molecule has 1 aliphatic heterocycles. The highest BCUT2D eigenvalue weighted by Crippen LogP contribution is 2.30. The highest BCUT2D eigenvalue weighted by molar-refractivity contribution is 6.34. The van der Waals surface area contributed by atoms with Crippen molar-refractivity contribution in [1.29, 1.82) is 0 Å². The van der Waals surface area contributed by atoms with E-state index >= 15 is 0 Å². The first kappa shape index (κ1) is 18.5. The van der Waals surface area contributed by atoms with E-state index in [9.17, 15) is 9.59 Å². The summed E-state index contributed by atoms with van der Waals surface area (Å²) in [4.78, 5) is 28.3. The summed E-state index contributed by atoms with van der Waals surface area (Å²) in [6.45, 7) is 6.30. The van der Waals surface area contributed by atoms with Crippen molar-refractivity contribution in [2.75, 3.05) is 25.1 Å². The molecule has 24 heavy (non-hydrogen) atoms. The first-order valence-electron chi connectivity index (χ1n) is 8.02. The zero-order chi connectivity index (χ0) is 17.7. The molecule has 1 saturated heterocycles. The number of rotatable bonds is 7. The number of benzene rings is 1. The Bertz CT molecular complexity index is 620. The van der Waals surface area contributed by atoms with E-state index in [1.54, 1.807) is 31.0 Å². The second-order valence-electron chi connectivity index (χ2n) is 5.79. The first-order chi connectivity index (χ1) is 11.5. The van der Waals surface area contributed by atoms with Crippen molar-refractivity contribution in [3.05, 3.63) is 41.9 Å². The van der Waals surface area contributed by atoms with E-state index in [-0.39, 0.29) is 11.8 Å². The van der Waals surface area contributed by atoms with E-state index in [1.165, 1.54) is 4.90 Å². The zero-order valence-electron chi connectivity index (χ0n) is 14.1. The number of hydrogen-bond acceptors (Lipinski definition) is 3. The molecule has 6 heteroatoms. The molecule has 0 radical (unpaired) electrons. The molecule has 2 amide bonds. The standard InChI is InChI=1S/C18H23ClN2O3/c1-4-5-12-24-13(2)17(22)20(3)16-10-11-21(18(16)23)15-9-7-6-8-14(15)19/h4,6-9,13,16H,1,5,10-12H2,2-3H3. The van der Waals surface area contributed by atoms with Crippen LogP contribution in [0.25, 0.3) is 0 Å². The first-order valence-corrected chi connectivity index (χ1v) is 8.40. The summed E-state index contributed by atoms with van der Waals surface area (Å²) in [6.07, 6.45) is 2.41. The Labute approximate surface area is 147 Å². The van der Waals surface area contributed by atoms with Crippen LogP contribution in [0, 0.1) is 0 Å². The molecule has 0 aromatic heterocycles. The molecule has 1 heterocycles. The monoisotopic (exact) mass is 350 g/mol. The van der Waals surface area contributed by atoms with Crippen LogP contribution >= 0.6 is 11.6 Å². The van der Waals surface area contributed by atoms with E-state index in [0.717, 1.165) is 0 Å². The molecule has 1 aliphatic rings. The molecule has 1 aromatic rings. The maximum atomic E-state index is 12.7. The maximum Gasteiger partial charge on any atom is 0.251 e. The van der Waals surface area contributed by atoms with Crippen molar-refractivity contribution in [2.45, 2.75) is 31.9 Å². The Balaban J connectivity index is 2.02. The Morgan fingerprint density at radius 1 is 1.54 bits per heavy atom. The van der Waals surface area contributed by atoms with Crippen LogP contribution in [-0.4, -0.2) is 49.1 Å². The van der Waals surface area contributed by atoms with Crippen LogP contribution in [0.4, 0.5) is 5.69 Å². The van der Waals surface area contributed by atoms with E-state index in [2.05, 4.69) is 6.58 Å². The third kappa shape index (κ3) is 3.97. The van der Waals surface area contributed by atoms with Gasteiger partial charge >= 0.3 is 0 Å². The summed E-state index contributed by atoms with van der Waals surface area (Å²) < 4.78 is 5.48. The van der Waals surface area contributed by atoms with Gasteiger partial charge in [-0.1, -0.05) is 29.8 Å². The normalized spacial score (nSPS) is 18.5. The van der Waals surface area contributed by atoms with Gasteiger partial charge in [0.05, 0.1) is 17.3 Å². The predicted molar refractivity (Wildman–Crippen MR) is 95.2 cm³/mol. The van der Waals surface area contributed by atoms with Gasteiger partial charge in [-0.05, 0) is 31.9 Å². The molecule has 130 valence electrons. The number of likely N-dealkylation sites (N-methyl/N-ethyl adjacent to an activating group) is 1. The number of carbonyl (C=O) groups excluding carboxylic acids is 2. The largest absolute Gasteiger partial charge is 0.368 e.